The van der Waals surface area contributed by atoms with Gasteiger partial charge in [-0.05, 0) is 47.4 Å². The van der Waals surface area contributed by atoms with Gasteiger partial charge in [-0.2, -0.15) is 0 Å². The molecule has 0 saturated heterocycles. The van der Waals surface area contributed by atoms with Crippen LogP contribution in [-0.4, -0.2) is 17.0 Å². The molecule has 1 aromatic carbocycles. The Balaban J connectivity index is 2.34. The maximum absolute atomic E-state index is 4.58. The maximum atomic E-state index is 4.58. The Morgan fingerprint density at radius 2 is 1.80 bits per heavy atom. The van der Waals surface area contributed by atoms with Gasteiger partial charge in [-0.1, -0.05) is 38.1 Å². The molecule has 2 rings (SSSR count). The molecular weight excluding hydrogens is 361 g/mol. The summed E-state index contributed by atoms with van der Waals surface area (Å²) in [6, 6.07) is 8.56. The normalized spacial score (nSPS) is 10.9. The zero-order valence-electron chi connectivity index (χ0n) is 12.4. The van der Waals surface area contributed by atoms with Crippen LogP contribution in [0.1, 0.15) is 25.1 Å². The highest BCUT2D eigenvalue weighted by Gasteiger charge is 2.09. The summed E-state index contributed by atoms with van der Waals surface area (Å²) < 4.78 is 1.07. The lowest BCUT2D eigenvalue weighted by Crippen LogP contribution is -2.03. The Labute approximate surface area is 134 Å². The fourth-order valence-corrected chi connectivity index (χ4v) is 2.63. The van der Waals surface area contributed by atoms with Crippen LogP contribution >= 0.6 is 22.6 Å². The van der Waals surface area contributed by atoms with Crippen LogP contribution in [0.25, 0.3) is 11.4 Å². The molecule has 0 amide bonds. The van der Waals surface area contributed by atoms with Crippen molar-refractivity contribution in [3.8, 4) is 11.4 Å². The summed E-state index contributed by atoms with van der Waals surface area (Å²) in [7, 11) is 1.89. The molecule has 0 saturated carbocycles. The number of hydrogen-bond acceptors (Lipinski definition) is 3. The minimum absolute atomic E-state index is 0.675. The SMILES string of the molecule is CNc1nc(-c2ccc(CC(C)C)cc2)nc(C)c1I. The second-order valence-electron chi connectivity index (χ2n) is 5.34. The van der Waals surface area contributed by atoms with Gasteiger partial charge in [-0.3, -0.25) is 0 Å². The van der Waals surface area contributed by atoms with Gasteiger partial charge in [0.05, 0.1) is 9.26 Å². The molecule has 0 unspecified atom stereocenters. The molecule has 20 heavy (non-hydrogen) atoms. The predicted octanol–water partition coefficient (Wildman–Crippen LogP) is 4.30. The fraction of sp³-hybridized carbons (Fsp3) is 0.375. The van der Waals surface area contributed by atoms with Gasteiger partial charge in [0.2, 0.25) is 0 Å². The molecule has 0 spiro atoms. The molecule has 0 aliphatic carbocycles. The molecular formula is C16H20IN3. The molecule has 4 heteroatoms. The van der Waals surface area contributed by atoms with E-state index in [9.17, 15) is 0 Å². The number of hydrogen-bond donors (Lipinski definition) is 1. The molecule has 0 radical (unpaired) electrons. The summed E-state index contributed by atoms with van der Waals surface area (Å²) in [5.74, 6) is 2.34. The van der Waals surface area contributed by atoms with E-state index in [0.717, 1.165) is 32.9 Å². The van der Waals surface area contributed by atoms with Gasteiger partial charge >= 0.3 is 0 Å². The van der Waals surface area contributed by atoms with Crippen LogP contribution in [0.3, 0.4) is 0 Å². The Morgan fingerprint density at radius 1 is 1.15 bits per heavy atom. The van der Waals surface area contributed by atoms with Crippen molar-refractivity contribution in [1.82, 2.24) is 9.97 Å². The average molecular weight is 381 g/mol. The van der Waals surface area contributed by atoms with Gasteiger partial charge < -0.3 is 5.32 Å². The van der Waals surface area contributed by atoms with E-state index in [4.69, 9.17) is 0 Å². The second kappa shape index (κ2) is 6.52. The highest BCUT2D eigenvalue weighted by atomic mass is 127. The Morgan fingerprint density at radius 3 is 2.35 bits per heavy atom. The summed E-state index contributed by atoms with van der Waals surface area (Å²) in [4.78, 5) is 9.17. The van der Waals surface area contributed by atoms with Crippen molar-refractivity contribution in [3.05, 3.63) is 39.1 Å². The molecule has 106 valence electrons. The number of halogens is 1. The molecule has 1 heterocycles. The number of anilines is 1. The third-order valence-electron chi connectivity index (χ3n) is 3.11. The van der Waals surface area contributed by atoms with Crippen molar-refractivity contribution in [2.24, 2.45) is 5.92 Å². The zero-order chi connectivity index (χ0) is 14.7. The number of nitrogens with zero attached hydrogens (tertiary/aromatic N) is 2. The van der Waals surface area contributed by atoms with Crippen LogP contribution in [0.5, 0.6) is 0 Å². The first kappa shape index (κ1) is 15.2. The zero-order valence-corrected chi connectivity index (χ0v) is 14.5. The van der Waals surface area contributed by atoms with Crippen molar-refractivity contribution in [2.75, 3.05) is 12.4 Å². The van der Waals surface area contributed by atoms with E-state index in [1.807, 2.05) is 14.0 Å². The third kappa shape index (κ3) is 3.48. The minimum Gasteiger partial charge on any atom is -0.372 e. The van der Waals surface area contributed by atoms with Gasteiger partial charge in [0.15, 0.2) is 5.82 Å². The van der Waals surface area contributed by atoms with Crippen LogP contribution < -0.4 is 5.32 Å². The quantitative estimate of drug-likeness (QED) is 0.803. The molecule has 0 fully saturated rings. The van der Waals surface area contributed by atoms with E-state index >= 15 is 0 Å². The van der Waals surface area contributed by atoms with Crippen molar-refractivity contribution in [3.63, 3.8) is 0 Å². The maximum Gasteiger partial charge on any atom is 0.161 e. The molecule has 3 nitrogen and oxygen atoms in total. The van der Waals surface area contributed by atoms with E-state index < -0.39 is 0 Å². The lowest BCUT2D eigenvalue weighted by atomic mass is 10.0. The van der Waals surface area contributed by atoms with Crippen molar-refractivity contribution >= 4 is 28.4 Å². The van der Waals surface area contributed by atoms with E-state index in [1.165, 1.54) is 5.56 Å². The van der Waals surface area contributed by atoms with E-state index in [-0.39, 0.29) is 0 Å². The predicted molar refractivity (Wildman–Crippen MR) is 93.0 cm³/mol. The van der Waals surface area contributed by atoms with E-state index in [1.54, 1.807) is 0 Å². The fourth-order valence-electron chi connectivity index (χ4n) is 2.12. The lowest BCUT2D eigenvalue weighted by Gasteiger charge is -2.10. The number of nitrogens with one attached hydrogen (secondary N) is 1. The Bertz CT molecular complexity index is 591. The molecule has 0 aliphatic heterocycles. The summed E-state index contributed by atoms with van der Waals surface area (Å²) in [6.07, 6.45) is 1.11. The molecule has 0 aliphatic rings. The minimum atomic E-state index is 0.675. The molecule has 0 atom stereocenters. The number of aryl methyl sites for hydroxylation is 1. The van der Waals surface area contributed by atoms with Crippen LogP contribution in [-0.2, 0) is 6.42 Å². The molecule has 0 bridgehead atoms. The first-order chi connectivity index (χ1) is 9.51. The van der Waals surface area contributed by atoms with Gasteiger partial charge in [0, 0.05) is 12.6 Å². The van der Waals surface area contributed by atoms with E-state index in [2.05, 4.69) is 76.0 Å². The van der Waals surface area contributed by atoms with Crippen molar-refractivity contribution in [1.29, 1.82) is 0 Å². The standard InChI is InChI=1S/C16H20IN3/c1-10(2)9-12-5-7-13(8-6-12)15-19-11(3)14(17)16(18-4)20-15/h5-8,10H,9H2,1-4H3,(H,18,19,20). The van der Waals surface area contributed by atoms with Gasteiger partial charge in [-0.15, -0.1) is 0 Å². The molecule has 2 aromatic rings. The lowest BCUT2D eigenvalue weighted by molar-refractivity contribution is 0.647. The van der Waals surface area contributed by atoms with Crippen molar-refractivity contribution < 1.29 is 0 Å². The van der Waals surface area contributed by atoms with Crippen LogP contribution in [0, 0.1) is 16.4 Å². The topological polar surface area (TPSA) is 37.8 Å². The first-order valence-electron chi connectivity index (χ1n) is 6.82. The molecule has 1 N–H and O–H groups in total. The highest BCUT2D eigenvalue weighted by Crippen LogP contribution is 2.23. The van der Waals surface area contributed by atoms with Crippen molar-refractivity contribution in [2.45, 2.75) is 27.2 Å². The number of benzene rings is 1. The van der Waals surface area contributed by atoms with Gasteiger partial charge in [0.25, 0.3) is 0 Å². The second-order valence-corrected chi connectivity index (χ2v) is 6.42. The summed E-state index contributed by atoms with van der Waals surface area (Å²) >= 11 is 2.27. The summed E-state index contributed by atoms with van der Waals surface area (Å²) in [6.45, 7) is 6.48. The van der Waals surface area contributed by atoms with Gasteiger partial charge in [0.1, 0.15) is 5.82 Å². The largest absolute Gasteiger partial charge is 0.372 e. The van der Waals surface area contributed by atoms with E-state index in [0.29, 0.717) is 5.92 Å². The monoisotopic (exact) mass is 381 g/mol. The summed E-state index contributed by atoms with van der Waals surface area (Å²) in [5.41, 5.74) is 3.43. The number of rotatable bonds is 4. The number of aromatic nitrogens is 2. The molecule has 1 aromatic heterocycles. The first-order valence-corrected chi connectivity index (χ1v) is 7.90. The van der Waals surface area contributed by atoms with Gasteiger partial charge in [-0.25, -0.2) is 9.97 Å². The Hall–Kier alpha value is -1.17. The summed E-state index contributed by atoms with van der Waals surface area (Å²) in [5, 5.41) is 3.13. The third-order valence-corrected chi connectivity index (χ3v) is 4.40. The van der Waals surface area contributed by atoms with Crippen LogP contribution in [0.4, 0.5) is 5.82 Å². The smallest absolute Gasteiger partial charge is 0.161 e. The average Bonchev–Trinajstić information content (AvgIpc) is 2.42. The highest BCUT2D eigenvalue weighted by molar-refractivity contribution is 14.1. The van der Waals surface area contributed by atoms with Crippen LogP contribution in [0.15, 0.2) is 24.3 Å². The Kier molecular flexibility index (Phi) is 4.96. The van der Waals surface area contributed by atoms with Crippen LogP contribution in [0.2, 0.25) is 0 Å².